The number of amides is 2. The zero-order chi connectivity index (χ0) is 13.8. The molecule has 0 aliphatic heterocycles. The van der Waals surface area contributed by atoms with Crippen LogP contribution in [0.4, 0.5) is 4.79 Å². The van der Waals surface area contributed by atoms with Gasteiger partial charge in [0.1, 0.15) is 6.04 Å². The average Bonchev–Trinajstić information content (AvgIpc) is 2.33. The molecule has 1 atom stereocenters. The fourth-order valence-electron chi connectivity index (χ4n) is 1.14. The monoisotopic (exact) mass is 258 g/mol. The van der Waals surface area contributed by atoms with E-state index in [9.17, 15) is 9.59 Å². The normalized spacial score (nSPS) is 11.2. The maximum Gasteiger partial charge on any atom is 0.320 e. The van der Waals surface area contributed by atoms with Gasteiger partial charge in [-0.3, -0.25) is 4.79 Å². The number of nitrogens with two attached hydrogens (primary N) is 1. The van der Waals surface area contributed by atoms with Crippen molar-refractivity contribution >= 4 is 12.0 Å². The first-order valence-electron chi connectivity index (χ1n) is 5.59. The van der Waals surface area contributed by atoms with Gasteiger partial charge in [-0.15, -0.1) is 0 Å². The number of aliphatic carboxylic acids is 1. The first-order chi connectivity index (χ1) is 8.57. The number of carboxylic acid groups (broad SMARTS) is 1. The Balaban J connectivity index is 3.40. The highest BCUT2D eigenvalue weighted by Crippen LogP contribution is 1.97. The van der Waals surface area contributed by atoms with Gasteiger partial charge in [-0.2, -0.15) is 0 Å². The smallest absolute Gasteiger partial charge is 0.320 e. The maximum atomic E-state index is 11.1. The maximum absolute atomic E-state index is 11.1. The van der Waals surface area contributed by atoms with Crippen molar-refractivity contribution in [3.63, 3.8) is 0 Å². The van der Waals surface area contributed by atoms with Gasteiger partial charge in [-0.1, -0.05) is 5.11 Å². The van der Waals surface area contributed by atoms with Crippen molar-refractivity contribution < 1.29 is 14.7 Å². The minimum absolute atomic E-state index is 0.206. The number of nitrogens with one attached hydrogen (secondary N) is 2. The Kier molecular flexibility index (Phi) is 9.06. The minimum Gasteiger partial charge on any atom is -0.480 e. The molecule has 0 spiro atoms. The van der Waals surface area contributed by atoms with Gasteiger partial charge in [-0.25, -0.2) is 4.79 Å². The largest absolute Gasteiger partial charge is 0.480 e. The van der Waals surface area contributed by atoms with Gasteiger partial charge in [0.15, 0.2) is 0 Å². The SMILES string of the molecule is [N-]=[N+]=NCCNC(=O)NCCCC[C@H](N)C(=O)O. The first kappa shape index (κ1) is 16.0. The molecule has 18 heavy (non-hydrogen) atoms. The second-order valence-electron chi connectivity index (χ2n) is 3.58. The van der Waals surface area contributed by atoms with Gasteiger partial charge in [0.2, 0.25) is 0 Å². The van der Waals surface area contributed by atoms with Crippen LogP contribution in [0.2, 0.25) is 0 Å². The van der Waals surface area contributed by atoms with Gasteiger partial charge < -0.3 is 21.5 Å². The summed E-state index contributed by atoms with van der Waals surface area (Å²) in [6.45, 7) is 0.927. The minimum atomic E-state index is -1.02. The van der Waals surface area contributed by atoms with Crippen molar-refractivity contribution in [2.45, 2.75) is 25.3 Å². The summed E-state index contributed by atoms with van der Waals surface area (Å²) in [5.74, 6) is -1.02. The fraction of sp³-hybridized carbons (Fsp3) is 0.778. The topological polar surface area (TPSA) is 153 Å². The zero-order valence-corrected chi connectivity index (χ0v) is 10.0. The van der Waals surface area contributed by atoms with Crippen LogP contribution >= 0.6 is 0 Å². The highest BCUT2D eigenvalue weighted by molar-refractivity contribution is 5.73. The summed E-state index contributed by atoms with van der Waals surface area (Å²) >= 11 is 0. The summed E-state index contributed by atoms with van der Waals surface area (Å²) in [7, 11) is 0. The van der Waals surface area contributed by atoms with Crippen molar-refractivity contribution in [2.75, 3.05) is 19.6 Å². The van der Waals surface area contributed by atoms with Crippen LogP contribution in [0.15, 0.2) is 5.11 Å². The fourth-order valence-corrected chi connectivity index (χ4v) is 1.14. The molecule has 102 valence electrons. The molecule has 0 aromatic rings. The van der Waals surface area contributed by atoms with Gasteiger partial charge in [-0.05, 0) is 24.8 Å². The molecule has 9 nitrogen and oxygen atoms in total. The molecule has 0 aliphatic rings. The summed E-state index contributed by atoms with van der Waals surface area (Å²) in [5.41, 5.74) is 13.3. The molecular formula is C9H18N6O3. The highest BCUT2D eigenvalue weighted by atomic mass is 16.4. The second kappa shape index (κ2) is 10.2. The standard InChI is InChI=1S/C9H18N6O3/c10-7(8(16)17)3-1-2-4-12-9(18)13-5-6-14-15-11/h7H,1-6,10H2,(H,16,17)(H2,12,13,18)/t7-/m0/s1. The number of hydrogen-bond acceptors (Lipinski definition) is 4. The highest BCUT2D eigenvalue weighted by Gasteiger charge is 2.09. The van der Waals surface area contributed by atoms with E-state index >= 15 is 0 Å². The van der Waals surface area contributed by atoms with E-state index in [0.717, 1.165) is 0 Å². The third-order valence-corrected chi connectivity index (χ3v) is 2.11. The predicted octanol–water partition coefficient (Wildman–Crippen LogP) is 0.178. The van der Waals surface area contributed by atoms with Crippen LogP contribution in [-0.4, -0.2) is 42.8 Å². The number of carbonyl (C=O) groups is 2. The number of hydrogen-bond donors (Lipinski definition) is 4. The molecule has 0 fully saturated rings. The predicted molar refractivity (Wildman–Crippen MR) is 64.9 cm³/mol. The van der Waals surface area contributed by atoms with E-state index in [1.807, 2.05) is 0 Å². The van der Waals surface area contributed by atoms with Crippen LogP contribution in [0.1, 0.15) is 19.3 Å². The van der Waals surface area contributed by atoms with E-state index in [2.05, 4.69) is 20.7 Å². The van der Waals surface area contributed by atoms with Gasteiger partial charge >= 0.3 is 12.0 Å². The molecule has 9 heteroatoms. The van der Waals surface area contributed by atoms with E-state index in [1.54, 1.807) is 0 Å². The zero-order valence-electron chi connectivity index (χ0n) is 10.0. The molecule has 0 saturated heterocycles. The Morgan fingerprint density at radius 1 is 1.33 bits per heavy atom. The third kappa shape index (κ3) is 9.25. The number of carboxylic acids is 1. The van der Waals surface area contributed by atoms with Crippen molar-refractivity contribution in [1.29, 1.82) is 0 Å². The van der Waals surface area contributed by atoms with E-state index in [1.165, 1.54) is 0 Å². The number of urea groups is 1. The molecule has 0 rings (SSSR count). The lowest BCUT2D eigenvalue weighted by atomic mass is 10.1. The van der Waals surface area contributed by atoms with Gasteiger partial charge in [0.25, 0.3) is 0 Å². The number of azide groups is 1. The van der Waals surface area contributed by atoms with Gasteiger partial charge in [0.05, 0.1) is 0 Å². The molecule has 2 amide bonds. The summed E-state index contributed by atoms with van der Waals surface area (Å²) in [4.78, 5) is 24.1. The summed E-state index contributed by atoms with van der Waals surface area (Å²) in [5, 5.41) is 16.9. The molecule has 0 aromatic carbocycles. The molecule has 0 unspecified atom stereocenters. The summed E-state index contributed by atoms with van der Waals surface area (Å²) in [6.07, 6.45) is 1.67. The molecule has 0 heterocycles. The van der Waals surface area contributed by atoms with E-state index in [4.69, 9.17) is 16.4 Å². The van der Waals surface area contributed by atoms with Crippen LogP contribution in [0.25, 0.3) is 10.4 Å². The molecule has 0 saturated carbocycles. The Labute approximate surface area is 104 Å². The van der Waals surface area contributed by atoms with Crippen LogP contribution in [-0.2, 0) is 4.79 Å². The van der Waals surface area contributed by atoms with Crippen molar-refractivity contribution in [3.8, 4) is 0 Å². The molecule has 0 radical (unpaired) electrons. The Morgan fingerprint density at radius 3 is 2.61 bits per heavy atom. The average molecular weight is 258 g/mol. The third-order valence-electron chi connectivity index (χ3n) is 2.11. The second-order valence-corrected chi connectivity index (χ2v) is 3.58. The van der Waals surface area contributed by atoms with Crippen molar-refractivity contribution in [2.24, 2.45) is 10.8 Å². The van der Waals surface area contributed by atoms with E-state index in [0.29, 0.717) is 25.8 Å². The van der Waals surface area contributed by atoms with Crippen LogP contribution in [0, 0.1) is 0 Å². The molecule has 5 N–H and O–H groups in total. The van der Waals surface area contributed by atoms with E-state index < -0.39 is 12.0 Å². The number of nitrogens with zero attached hydrogens (tertiary/aromatic N) is 3. The van der Waals surface area contributed by atoms with Crippen LogP contribution < -0.4 is 16.4 Å². The Bertz CT molecular complexity index is 315. The summed E-state index contributed by atoms with van der Waals surface area (Å²) in [6, 6.07) is -1.19. The molecule has 0 aromatic heterocycles. The summed E-state index contributed by atoms with van der Waals surface area (Å²) < 4.78 is 0. The quantitative estimate of drug-likeness (QED) is 0.201. The van der Waals surface area contributed by atoms with Crippen molar-refractivity contribution in [3.05, 3.63) is 10.4 Å². The number of carbonyl (C=O) groups excluding carboxylic acids is 1. The Morgan fingerprint density at radius 2 is 2.00 bits per heavy atom. The molecular weight excluding hydrogens is 240 g/mol. The van der Waals surface area contributed by atoms with Crippen LogP contribution in [0.5, 0.6) is 0 Å². The number of unbranched alkanes of at least 4 members (excludes halogenated alkanes) is 1. The molecule has 0 aliphatic carbocycles. The van der Waals surface area contributed by atoms with Gasteiger partial charge in [0, 0.05) is 24.5 Å². The van der Waals surface area contributed by atoms with E-state index in [-0.39, 0.29) is 19.1 Å². The number of rotatable bonds is 9. The lowest BCUT2D eigenvalue weighted by Gasteiger charge is -2.07. The Hall–Kier alpha value is -1.99. The van der Waals surface area contributed by atoms with Crippen LogP contribution in [0.3, 0.4) is 0 Å². The lowest BCUT2D eigenvalue weighted by molar-refractivity contribution is -0.138. The first-order valence-corrected chi connectivity index (χ1v) is 5.59. The lowest BCUT2D eigenvalue weighted by Crippen LogP contribution is -2.37. The van der Waals surface area contributed by atoms with Crippen molar-refractivity contribution in [1.82, 2.24) is 10.6 Å². The molecule has 0 bridgehead atoms.